The van der Waals surface area contributed by atoms with E-state index in [0.717, 1.165) is 32.2 Å². The molecular formula is C16H30N2O. The Hall–Kier alpha value is -0.590. The predicted octanol–water partition coefficient (Wildman–Crippen LogP) is 3.05. The van der Waals surface area contributed by atoms with Crippen molar-refractivity contribution in [3.8, 4) is 6.07 Å². The number of aliphatic hydroxyl groups excluding tert-OH is 1. The summed E-state index contributed by atoms with van der Waals surface area (Å²) in [5.74, 6) is 0.817. The van der Waals surface area contributed by atoms with E-state index >= 15 is 0 Å². The van der Waals surface area contributed by atoms with E-state index in [4.69, 9.17) is 0 Å². The summed E-state index contributed by atoms with van der Waals surface area (Å²) < 4.78 is 0. The van der Waals surface area contributed by atoms with E-state index in [0.29, 0.717) is 23.9 Å². The average molecular weight is 266 g/mol. The minimum Gasteiger partial charge on any atom is -0.395 e. The Bertz CT molecular complexity index is 297. The maximum atomic E-state index is 9.40. The second-order valence-corrected chi connectivity index (χ2v) is 6.94. The molecule has 3 atom stereocenters. The van der Waals surface area contributed by atoms with Gasteiger partial charge in [0.05, 0.1) is 18.6 Å². The summed E-state index contributed by atoms with van der Waals surface area (Å²) in [6, 6.07) is 2.83. The Kier molecular flexibility index (Phi) is 6.29. The molecule has 3 nitrogen and oxygen atoms in total. The standard InChI is InChI=1S/C16H30N2O/c1-5-8-18(9-10-19)15-11-14(16(2,3)4)7-6-13(15)12-17/h13-15,19H,5-11H2,1-4H3. The zero-order valence-corrected chi connectivity index (χ0v) is 13.0. The van der Waals surface area contributed by atoms with E-state index in [1.54, 1.807) is 0 Å². The molecule has 0 spiro atoms. The van der Waals surface area contributed by atoms with Gasteiger partial charge in [0.15, 0.2) is 0 Å². The van der Waals surface area contributed by atoms with E-state index in [1.165, 1.54) is 0 Å². The normalized spacial score (nSPS) is 28.4. The molecule has 0 aliphatic heterocycles. The van der Waals surface area contributed by atoms with Gasteiger partial charge < -0.3 is 5.11 Å². The zero-order chi connectivity index (χ0) is 14.5. The summed E-state index contributed by atoms with van der Waals surface area (Å²) in [7, 11) is 0. The molecular weight excluding hydrogens is 236 g/mol. The van der Waals surface area contributed by atoms with Gasteiger partial charge in [0.25, 0.3) is 0 Å². The molecule has 1 saturated carbocycles. The Balaban J connectivity index is 2.81. The molecule has 0 aromatic rings. The maximum absolute atomic E-state index is 9.40. The molecule has 0 bridgehead atoms. The molecule has 0 radical (unpaired) electrons. The van der Waals surface area contributed by atoms with Gasteiger partial charge in [0, 0.05) is 12.6 Å². The van der Waals surface area contributed by atoms with Crippen LogP contribution in [0.3, 0.4) is 0 Å². The highest BCUT2D eigenvalue weighted by atomic mass is 16.3. The lowest BCUT2D eigenvalue weighted by Crippen LogP contribution is -2.47. The summed E-state index contributed by atoms with van der Waals surface area (Å²) >= 11 is 0. The lowest BCUT2D eigenvalue weighted by Gasteiger charge is -2.44. The molecule has 1 fully saturated rings. The molecule has 3 unspecified atom stereocenters. The van der Waals surface area contributed by atoms with Gasteiger partial charge in [-0.3, -0.25) is 4.90 Å². The second kappa shape index (κ2) is 7.26. The van der Waals surface area contributed by atoms with Crippen LogP contribution in [0.25, 0.3) is 0 Å². The van der Waals surface area contributed by atoms with E-state index in [-0.39, 0.29) is 12.5 Å². The van der Waals surface area contributed by atoms with Crippen LogP contribution < -0.4 is 0 Å². The van der Waals surface area contributed by atoms with Crippen molar-refractivity contribution in [2.75, 3.05) is 19.7 Å². The first-order valence-electron chi connectivity index (χ1n) is 7.68. The monoisotopic (exact) mass is 266 g/mol. The molecule has 110 valence electrons. The molecule has 1 aliphatic rings. The van der Waals surface area contributed by atoms with Gasteiger partial charge in [0.2, 0.25) is 0 Å². The van der Waals surface area contributed by atoms with Crippen LogP contribution in [0.1, 0.15) is 53.4 Å². The summed E-state index contributed by atoms with van der Waals surface area (Å²) in [4.78, 5) is 2.34. The predicted molar refractivity (Wildman–Crippen MR) is 78.6 cm³/mol. The average Bonchev–Trinajstić information content (AvgIpc) is 2.36. The molecule has 1 N–H and O–H groups in total. The topological polar surface area (TPSA) is 47.3 Å². The number of nitriles is 1. The highest BCUT2D eigenvalue weighted by Gasteiger charge is 2.38. The first kappa shape index (κ1) is 16.5. The van der Waals surface area contributed by atoms with Crippen molar-refractivity contribution < 1.29 is 5.11 Å². The van der Waals surface area contributed by atoms with Gasteiger partial charge in [0.1, 0.15) is 0 Å². The second-order valence-electron chi connectivity index (χ2n) is 6.94. The van der Waals surface area contributed by atoms with E-state index in [9.17, 15) is 10.4 Å². The fourth-order valence-electron chi connectivity index (χ4n) is 3.35. The molecule has 1 rings (SSSR count). The number of rotatable bonds is 5. The van der Waals surface area contributed by atoms with Crippen molar-refractivity contribution in [2.24, 2.45) is 17.3 Å². The minimum absolute atomic E-state index is 0.136. The van der Waals surface area contributed by atoms with Crippen molar-refractivity contribution in [1.29, 1.82) is 5.26 Å². The van der Waals surface area contributed by atoms with Gasteiger partial charge in [-0.1, -0.05) is 27.7 Å². The zero-order valence-electron chi connectivity index (χ0n) is 13.0. The fourth-order valence-corrected chi connectivity index (χ4v) is 3.35. The SMILES string of the molecule is CCCN(CCO)C1CC(C(C)(C)C)CCC1C#N. The largest absolute Gasteiger partial charge is 0.395 e. The van der Waals surface area contributed by atoms with Gasteiger partial charge >= 0.3 is 0 Å². The van der Waals surface area contributed by atoms with Crippen LogP contribution in [0, 0.1) is 28.6 Å². The van der Waals surface area contributed by atoms with Gasteiger partial charge in [-0.25, -0.2) is 0 Å². The van der Waals surface area contributed by atoms with Crippen LogP contribution in [0.4, 0.5) is 0 Å². The fraction of sp³-hybridized carbons (Fsp3) is 0.938. The third kappa shape index (κ3) is 4.47. The summed E-state index contributed by atoms with van der Waals surface area (Å²) in [5, 5.41) is 18.7. The third-order valence-electron chi connectivity index (χ3n) is 4.57. The van der Waals surface area contributed by atoms with Crippen LogP contribution in [0.2, 0.25) is 0 Å². The smallest absolute Gasteiger partial charge is 0.0672 e. The van der Waals surface area contributed by atoms with Crippen LogP contribution in [0.15, 0.2) is 0 Å². The van der Waals surface area contributed by atoms with Crippen molar-refractivity contribution >= 4 is 0 Å². The maximum Gasteiger partial charge on any atom is 0.0672 e. The lowest BCUT2D eigenvalue weighted by molar-refractivity contribution is 0.0499. The van der Waals surface area contributed by atoms with Gasteiger partial charge in [-0.15, -0.1) is 0 Å². The van der Waals surface area contributed by atoms with E-state index in [2.05, 4.69) is 38.7 Å². The summed E-state index contributed by atoms with van der Waals surface area (Å²) in [5.41, 5.74) is 0.315. The molecule has 0 heterocycles. The molecule has 19 heavy (non-hydrogen) atoms. The van der Waals surface area contributed by atoms with Crippen LogP contribution in [-0.2, 0) is 0 Å². The Morgan fingerprint density at radius 3 is 2.42 bits per heavy atom. The Labute approximate surface area is 118 Å². The molecule has 0 aromatic carbocycles. The highest BCUT2D eigenvalue weighted by molar-refractivity contribution is 4.99. The van der Waals surface area contributed by atoms with Crippen molar-refractivity contribution in [2.45, 2.75) is 59.4 Å². The first-order chi connectivity index (χ1) is 8.93. The Morgan fingerprint density at radius 1 is 1.26 bits per heavy atom. The van der Waals surface area contributed by atoms with Crippen LogP contribution >= 0.6 is 0 Å². The number of aliphatic hydroxyl groups is 1. The summed E-state index contributed by atoms with van der Waals surface area (Å²) in [6.45, 7) is 10.9. The molecule has 1 aliphatic carbocycles. The number of hydrogen-bond donors (Lipinski definition) is 1. The lowest BCUT2D eigenvalue weighted by atomic mass is 9.68. The Morgan fingerprint density at radius 2 is 1.95 bits per heavy atom. The third-order valence-corrected chi connectivity index (χ3v) is 4.57. The molecule has 0 aromatic heterocycles. The van der Waals surface area contributed by atoms with Crippen molar-refractivity contribution in [1.82, 2.24) is 4.90 Å². The van der Waals surface area contributed by atoms with Crippen molar-refractivity contribution in [3.63, 3.8) is 0 Å². The van der Waals surface area contributed by atoms with Gasteiger partial charge in [-0.05, 0) is 43.6 Å². The first-order valence-corrected chi connectivity index (χ1v) is 7.68. The quantitative estimate of drug-likeness (QED) is 0.832. The van der Waals surface area contributed by atoms with Crippen LogP contribution in [0.5, 0.6) is 0 Å². The number of nitrogens with zero attached hydrogens (tertiary/aromatic N) is 2. The van der Waals surface area contributed by atoms with Crippen molar-refractivity contribution in [3.05, 3.63) is 0 Å². The minimum atomic E-state index is 0.136. The highest BCUT2D eigenvalue weighted by Crippen LogP contribution is 2.41. The summed E-state index contributed by atoms with van der Waals surface area (Å²) in [6.07, 6.45) is 4.35. The van der Waals surface area contributed by atoms with Gasteiger partial charge in [-0.2, -0.15) is 5.26 Å². The van der Waals surface area contributed by atoms with Crippen LogP contribution in [-0.4, -0.2) is 35.7 Å². The van der Waals surface area contributed by atoms with E-state index < -0.39 is 0 Å². The molecule has 0 saturated heterocycles. The number of hydrogen-bond acceptors (Lipinski definition) is 3. The molecule has 0 amide bonds. The van der Waals surface area contributed by atoms with E-state index in [1.807, 2.05) is 0 Å². The molecule has 3 heteroatoms.